The maximum Gasteiger partial charge on any atom is 0.255 e. The van der Waals surface area contributed by atoms with Gasteiger partial charge < -0.3 is 10.4 Å². The van der Waals surface area contributed by atoms with E-state index in [0.717, 1.165) is 12.8 Å². The molecule has 3 heteroatoms. The molecular weight excluding hydrogens is 250 g/mol. The van der Waals surface area contributed by atoms with E-state index in [2.05, 4.69) is 17.4 Å². The highest BCUT2D eigenvalue weighted by atomic mass is 16.3. The standard InChI is InChI=1S/C17H17NO2/c19-15-9-5-4-8-14(15)16(20)18-12-17(10-11-17)13-6-2-1-3-7-13/h1-9,19H,10-12H2,(H,18,20). The van der Waals surface area contributed by atoms with E-state index in [1.54, 1.807) is 18.2 Å². The third kappa shape index (κ3) is 2.39. The molecule has 1 aliphatic carbocycles. The Labute approximate surface area is 118 Å². The number of nitrogens with one attached hydrogen (secondary N) is 1. The lowest BCUT2D eigenvalue weighted by atomic mass is 9.96. The number of rotatable bonds is 4. The Morgan fingerprint density at radius 2 is 1.70 bits per heavy atom. The number of benzene rings is 2. The topological polar surface area (TPSA) is 49.3 Å². The maximum absolute atomic E-state index is 12.1. The highest BCUT2D eigenvalue weighted by Crippen LogP contribution is 2.47. The fraction of sp³-hybridized carbons (Fsp3) is 0.235. The van der Waals surface area contributed by atoms with Gasteiger partial charge in [0.25, 0.3) is 5.91 Å². The van der Waals surface area contributed by atoms with E-state index in [-0.39, 0.29) is 17.1 Å². The maximum atomic E-state index is 12.1. The quantitative estimate of drug-likeness (QED) is 0.895. The Bertz CT molecular complexity index is 618. The van der Waals surface area contributed by atoms with Crippen LogP contribution < -0.4 is 5.32 Å². The van der Waals surface area contributed by atoms with Crippen LogP contribution >= 0.6 is 0 Å². The van der Waals surface area contributed by atoms with Gasteiger partial charge in [-0.05, 0) is 30.5 Å². The SMILES string of the molecule is O=C(NCC1(c2ccccc2)CC1)c1ccccc1O. The van der Waals surface area contributed by atoms with E-state index < -0.39 is 0 Å². The van der Waals surface area contributed by atoms with Crippen molar-refractivity contribution in [2.24, 2.45) is 0 Å². The van der Waals surface area contributed by atoms with Crippen LogP contribution in [0.3, 0.4) is 0 Å². The lowest BCUT2D eigenvalue weighted by Gasteiger charge is -2.16. The van der Waals surface area contributed by atoms with Crippen molar-refractivity contribution in [2.75, 3.05) is 6.54 Å². The van der Waals surface area contributed by atoms with Gasteiger partial charge in [0, 0.05) is 12.0 Å². The highest BCUT2D eigenvalue weighted by Gasteiger charge is 2.44. The summed E-state index contributed by atoms with van der Waals surface area (Å²) in [5.41, 5.74) is 1.69. The molecule has 0 heterocycles. The zero-order valence-corrected chi connectivity index (χ0v) is 11.2. The van der Waals surface area contributed by atoms with Gasteiger partial charge in [0.2, 0.25) is 0 Å². The van der Waals surface area contributed by atoms with E-state index >= 15 is 0 Å². The summed E-state index contributed by atoms with van der Waals surface area (Å²) in [7, 11) is 0. The second-order valence-electron chi connectivity index (χ2n) is 5.35. The van der Waals surface area contributed by atoms with Crippen LogP contribution in [0, 0.1) is 0 Å². The molecule has 102 valence electrons. The van der Waals surface area contributed by atoms with E-state index in [9.17, 15) is 9.90 Å². The van der Waals surface area contributed by atoms with Crippen LogP contribution in [0.25, 0.3) is 0 Å². The van der Waals surface area contributed by atoms with Crippen molar-refractivity contribution >= 4 is 5.91 Å². The van der Waals surface area contributed by atoms with Crippen LogP contribution in [0.1, 0.15) is 28.8 Å². The second kappa shape index (κ2) is 5.00. The first-order valence-corrected chi connectivity index (χ1v) is 6.83. The zero-order chi connectivity index (χ0) is 14.0. The number of aromatic hydroxyl groups is 1. The van der Waals surface area contributed by atoms with E-state index in [4.69, 9.17) is 0 Å². The van der Waals surface area contributed by atoms with E-state index in [1.807, 2.05) is 18.2 Å². The molecule has 3 nitrogen and oxygen atoms in total. The summed E-state index contributed by atoms with van der Waals surface area (Å²) in [6, 6.07) is 16.9. The number of carbonyl (C=O) groups is 1. The van der Waals surface area contributed by atoms with Crippen molar-refractivity contribution in [1.29, 1.82) is 0 Å². The van der Waals surface area contributed by atoms with Gasteiger partial charge in [-0.15, -0.1) is 0 Å². The van der Waals surface area contributed by atoms with Crippen LogP contribution in [-0.4, -0.2) is 17.6 Å². The molecule has 1 saturated carbocycles. The first-order valence-electron chi connectivity index (χ1n) is 6.83. The molecule has 1 fully saturated rings. The normalized spacial score (nSPS) is 15.6. The van der Waals surface area contributed by atoms with Crippen molar-refractivity contribution in [3.63, 3.8) is 0 Å². The molecule has 0 bridgehead atoms. The Kier molecular flexibility index (Phi) is 3.18. The number of phenolic OH excluding ortho intramolecular Hbond substituents is 1. The fourth-order valence-electron chi connectivity index (χ4n) is 2.52. The van der Waals surface area contributed by atoms with Crippen molar-refractivity contribution < 1.29 is 9.90 Å². The molecule has 1 amide bonds. The van der Waals surface area contributed by atoms with Crippen LogP contribution in [0.15, 0.2) is 54.6 Å². The second-order valence-corrected chi connectivity index (χ2v) is 5.35. The molecule has 0 unspecified atom stereocenters. The van der Waals surface area contributed by atoms with Crippen LogP contribution in [0.2, 0.25) is 0 Å². The summed E-state index contributed by atoms with van der Waals surface area (Å²) in [5, 5.41) is 12.6. The summed E-state index contributed by atoms with van der Waals surface area (Å²) in [6.07, 6.45) is 2.19. The molecule has 0 spiro atoms. The Balaban J connectivity index is 1.69. The van der Waals surface area contributed by atoms with Gasteiger partial charge in [0.1, 0.15) is 5.75 Å². The van der Waals surface area contributed by atoms with Crippen molar-refractivity contribution in [2.45, 2.75) is 18.3 Å². The third-order valence-corrected chi connectivity index (χ3v) is 3.98. The smallest absolute Gasteiger partial charge is 0.255 e. The minimum absolute atomic E-state index is 0.0227. The Morgan fingerprint density at radius 1 is 1.05 bits per heavy atom. The molecule has 2 aromatic rings. The number of para-hydroxylation sites is 1. The molecule has 0 aliphatic heterocycles. The molecule has 0 radical (unpaired) electrons. The largest absolute Gasteiger partial charge is 0.507 e. The summed E-state index contributed by atoms with van der Waals surface area (Å²) >= 11 is 0. The summed E-state index contributed by atoms with van der Waals surface area (Å²) in [6.45, 7) is 0.615. The molecule has 2 aromatic carbocycles. The van der Waals surface area contributed by atoms with Crippen molar-refractivity contribution in [3.8, 4) is 5.75 Å². The van der Waals surface area contributed by atoms with Crippen molar-refractivity contribution in [1.82, 2.24) is 5.32 Å². The lowest BCUT2D eigenvalue weighted by Crippen LogP contribution is -2.32. The predicted octanol–water partition coefficient (Wildman–Crippen LogP) is 2.85. The van der Waals surface area contributed by atoms with E-state index in [0.29, 0.717) is 12.1 Å². The molecule has 0 saturated heterocycles. The van der Waals surface area contributed by atoms with Gasteiger partial charge in [-0.3, -0.25) is 4.79 Å². The van der Waals surface area contributed by atoms with Crippen LogP contribution in [0.4, 0.5) is 0 Å². The first-order chi connectivity index (χ1) is 9.71. The number of hydrogen-bond acceptors (Lipinski definition) is 2. The van der Waals surface area contributed by atoms with Gasteiger partial charge >= 0.3 is 0 Å². The van der Waals surface area contributed by atoms with Crippen molar-refractivity contribution in [3.05, 3.63) is 65.7 Å². The van der Waals surface area contributed by atoms with Gasteiger partial charge in [-0.1, -0.05) is 42.5 Å². The van der Waals surface area contributed by atoms with Gasteiger partial charge in [-0.25, -0.2) is 0 Å². The average Bonchev–Trinajstić information content (AvgIpc) is 3.27. The molecule has 0 aromatic heterocycles. The average molecular weight is 267 g/mol. The Hall–Kier alpha value is -2.29. The number of hydrogen-bond donors (Lipinski definition) is 2. The molecule has 20 heavy (non-hydrogen) atoms. The summed E-state index contributed by atoms with van der Waals surface area (Å²) in [4.78, 5) is 12.1. The first kappa shape index (κ1) is 12.7. The lowest BCUT2D eigenvalue weighted by molar-refractivity contribution is 0.0947. The number of carbonyl (C=O) groups excluding carboxylic acids is 1. The summed E-state index contributed by atoms with van der Waals surface area (Å²) in [5.74, 6) is -0.195. The van der Waals surface area contributed by atoms with Crippen LogP contribution in [-0.2, 0) is 5.41 Å². The minimum Gasteiger partial charge on any atom is -0.507 e. The number of phenols is 1. The highest BCUT2D eigenvalue weighted by molar-refractivity contribution is 5.96. The van der Waals surface area contributed by atoms with Gasteiger partial charge in [0.15, 0.2) is 0 Å². The molecular formula is C17H17NO2. The van der Waals surface area contributed by atoms with Crippen LogP contribution in [0.5, 0.6) is 5.75 Å². The predicted molar refractivity (Wildman–Crippen MR) is 77.8 cm³/mol. The minimum atomic E-state index is -0.217. The van der Waals surface area contributed by atoms with Gasteiger partial charge in [0.05, 0.1) is 5.56 Å². The van der Waals surface area contributed by atoms with E-state index in [1.165, 1.54) is 11.6 Å². The number of amides is 1. The molecule has 2 N–H and O–H groups in total. The monoisotopic (exact) mass is 267 g/mol. The fourth-order valence-corrected chi connectivity index (χ4v) is 2.52. The molecule has 0 atom stereocenters. The third-order valence-electron chi connectivity index (χ3n) is 3.98. The summed E-state index contributed by atoms with van der Waals surface area (Å²) < 4.78 is 0. The Morgan fingerprint density at radius 3 is 2.35 bits per heavy atom. The van der Waals surface area contributed by atoms with Gasteiger partial charge in [-0.2, -0.15) is 0 Å². The molecule has 3 rings (SSSR count). The molecule has 1 aliphatic rings. The zero-order valence-electron chi connectivity index (χ0n) is 11.2.